The van der Waals surface area contributed by atoms with Crippen LogP contribution in [-0.2, 0) is 0 Å². The Hall–Kier alpha value is -2.22. The minimum Gasteiger partial charge on any atom is -0.471 e. The number of benzene rings is 2. The summed E-state index contributed by atoms with van der Waals surface area (Å²) in [4.78, 5) is 0. The third-order valence-electron chi connectivity index (χ3n) is 3.08. The van der Waals surface area contributed by atoms with E-state index in [1.54, 1.807) is 18.8 Å². The molecular formula is C14H8O2. The van der Waals surface area contributed by atoms with Crippen molar-refractivity contribution in [3.8, 4) is 0 Å². The van der Waals surface area contributed by atoms with E-state index < -0.39 is 0 Å². The first-order valence-corrected chi connectivity index (χ1v) is 5.19. The quantitative estimate of drug-likeness (QED) is 0.430. The van der Waals surface area contributed by atoms with Crippen molar-refractivity contribution in [2.75, 3.05) is 0 Å². The Kier molecular flexibility index (Phi) is 1.33. The van der Waals surface area contributed by atoms with Crippen molar-refractivity contribution in [2.45, 2.75) is 0 Å². The van der Waals surface area contributed by atoms with Gasteiger partial charge in [-0.05, 0) is 16.8 Å². The van der Waals surface area contributed by atoms with Crippen molar-refractivity contribution in [3.05, 3.63) is 49.1 Å². The summed E-state index contributed by atoms with van der Waals surface area (Å²) >= 11 is 0. The maximum atomic E-state index is 5.54. The van der Waals surface area contributed by atoms with E-state index in [0.29, 0.717) is 0 Å². The first-order valence-electron chi connectivity index (χ1n) is 5.19. The standard InChI is InChI=1S/C14H8O2/c1-2-4-10-9(3-1)11-5-6-16-14(11)13-8-15-7-12(10)13/h1-8H. The molecule has 2 heterocycles. The van der Waals surface area contributed by atoms with Crippen LogP contribution in [-0.4, -0.2) is 0 Å². The zero-order chi connectivity index (χ0) is 10.5. The fraction of sp³-hybridized carbons (Fsp3) is 0. The molecule has 0 aliphatic carbocycles. The van der Waals surface area contributed by atoms with Crippen molar-refractivity contribution in [1.29, 1.82) is 0 Å². The smallest absolute Gasteiger partial charge is 0.145 e. The molecular weight excluding hydrogens is 200 g/mol. The van der Waals surface area contributed by atoms with Gasteiger partial charge in [-0.25, -0.2) is 0 Å². The molecule has 0 bridgehead atoms. The van der Waals surface area contributed by atoms with Crippen molar-refractivity contribution >= 4 is 32.5 Å². The molecule has 0 saturated heterocycles. The first kappa shape index (κ1) is 7.99. The van der Waals surface area contributed by atoms with Gasteiger partial charge in [-0.15, -0.1) is 0 Å². The largest absolute Gasteiger partial charge is 0.471 e. The number of fused-ring (bicyclic) bond motifs is 6. The summed E-state index contributed by atoms with van der Waals surface area (Å²) < 4.78 is 10.8. The van der Waals surface area contributed by atoms with Gasteiger partial charge >= 0.3 is 0 Å². The number of rotatable bonds is 0. The average Bonchev–Trinajstić information content (AvgIpc) is 2.98. The summed E-state index contributed by atoms with van der Waals surface area (Å²) in [5.74, 6) is 0. The highest BCUT2D eigenvalue weighted by Gasteiger charge is 2.11. The zero-order valence-corrected chi connectivity index (χ0v) is 8.44. The second-order valence-corrected chi connectivity index (χ2v) is 3.91. The van der Waals surface area contributed by atoms with Gasteiger partial charge in [0, 0.05) is 10.8 Å². The molecule has 4 aromatic rings. The number of furan rings is 2. The highest BCUT2D eigenvalue weighted by Crippen LogP contribution is 2.35. The highest BCUT2D eigenvalue weighted by molar-refractivity contribution is 6.23. The molecule has 0 fully saturated rings. The van der Waals surface area contributed by atoms with Crippen molar-refractivity contribution in [2.24, 2.45) is 0 Å². The molecule has 16 heavy (non-hydrogen) atoms. The van der Waals surface area contributed by atoms with Gasteiger partial charge in [0.15, 0.2) is 0 Å². The fourth-order valence-corrected chi connectivity index (χ4v) is 2.36. The van der Waals surface area contributed by atoms with E-state index in [-0.39, 0.29) is 0 Å². The minimum atomic E-state index is 0.905. The predicted molar refractivity (Wildman–Crippen MR) is 63.5 cm³/mol. The first-order chi connectivity index (χ1) is 7.95. The molecule has 0 aliphatic rings. The van der Waals surface area contributed by atoms with Gasteiger partial charge in [0.05, 0.1) is 17.9 Å². The molecule has 0 N–H and O–H groups in total. The Balaban J connectivity index is 2.51. The molecule has 2 aromatic heterocycles. The second-order valence-electron chi connectivity index (χ2n) is 3.91. The normalized spacial score (nSPS) is 11.8. The summed E-state index contributed by atoms with van der Waals surface area (Å²) in [6.45, 7) is 0. The Morgan fingerprint density at radius 1 is 0.688 bits per heavy atom. The van der Waals surface area contributed by atoms with Crippen LogP contribution in [0, 0.1) is 0 Å². The van der Waals surface area contributed by atoms with Gasteiger partial charge in [0.2, 0.25) is 0 Å². The highest BCUT2D eigenvalue weighted by atomic mass is 16.3. The van der Waals surface area contributed by atoms with Crippen molar-refractivity contribution in [1.82, 2.24) is 0 Å². The monoisotopic (exact) mass is 208 g/mol. The molecule has 0 radical (unpaired) electrons. The average molecular weight is 208 g/mol. The zero-order valence-electron chi connectivity index (χ0n) is 8.44. The molecule has 0 aliphatic heterocycles. The lowest BCUT2D eigenvalue weighted by molar-refractivity contribution is 0.571. The predicted octanol–water partition coefficient (Wildman–Crippen LogP) is 4.33. The van der Waals surface area contributed by atoms with Crippen LogP contribution in [0.2, 0.25) is 0 Å². The Labute approximate surface area is 91.1 Å². The van der Waals surface area contributed by atoms with Crippen LogP contribution >= 0.6 is 0 Å². The molecule has 0 amide bonds. The van der Waals surface area contributed by atoms with E-state index in [1.807, 2.05) is 18.2 Å². The topological polar surface area (TPSA) is 26.3 Å². The summed E-state index contributed by atoms with van der Waals surface area (Å²) in [6, 6.07) is 10.3. The van der Waals surface area contributed by atoms with Crippen LogP contribution in [0.1, 0.15) is 0 Å². The lowest BCUT2D eigenvalue weighted by Crippen LogP contribution is -1.75. The van der Waals surface area contributed by atoms with Gasteiger partial charge in [-0.2, -0.15) is 0 Å². The van der Waals surface area contributed by atoms with E-state index in [1.165, 1.54) is 10.8 Å². The van der Waals surface area contributed by atoms with Crippen LogP contribution in [0.4, 0.5) is 0 Å². The molecule has 4 rings (SSSR count). The lowest BCUT2D eigenvalue weighted by Gasteiger charge is -2.00. The van der Waals surface area contributed by atoms with Crippen LogP contribution in [0.25, 0.3) is 32.5 Å². The maximum Gasteiger partial charge on any atom is 0.145 e. The molecule has 0 atom stereocenters. The number of hydrogen-bond acceptors (Lipinski definition) is 2. The van der Waals surface area contributed by atoms with Gasteiger partial charge in [-0.1, -0.05) is 24.3 Å². The molecule has 2 nitrogen and oxygen atoms in total. The van der Waals surface area contributed by atoms with E-state index in [2.05, 4.69) is 12.1 Å². The maximum absolute atomic E-state index is 5.54. The second kappa shape index (κ2) is 2.67. The number of hydrogen-bond donors (Lipinski definition) is 0. The molecule has 0 saturated carbocycles. The summed E-state index contributed by atoms with van der Waals surface area (Å²) in [5, 5.41) is 5.71. The fourth-order valence-electron chi connectivity index (χ4n) is 2.36. The van der Waals surface area contributed by atoms with Gasteiger partial charge < -0.3 is 8.83 Å². The van der Waals surface area contributed by atoms with Crippen LogP contribution < -0.4 is 0 Å². The third kappa shape index (κ3) is 0.823. The Morgan fingerprint density at radius 2 is 1.44 bits per heavy atom. The SMILES string of the molecule is c1ccc2c(c1)c1cocc1c1occc21. The van der Waals surface area contributed by atoms with E-state index in [0.717, 1.165) is 21.7 Å². The molecule has 0 spiro atoms. The Bertz CT molecular complexity index is 736. The minimum absolute atomic E-state index is 0.905. The van der Waals surface area contributed by atoms with Crippen LogP contribution in [0.15, 0.2) is 58.0 Å². The summed E-state index contributed by atoms with van der Waals surface area (Å²) in [5.41, 5.74) is 0.905. The summed E-state index contributed by atoms with van der Waals surface area (Å²) in [6.07, 6.45) is 5.25. The van der Waals surface area contributed by atoms with Crippen molar-refractivity contribution in [3.63, 3.8) is 0 Å². The van der Waals surface area contributed by atoms with Gasteiger partial charge in [0.25, 0.3) is 0 Å². The van der Waals surface area contributed by atoms with Gasteiger partial charge in [0.1, 0.15) is 11.8 Å². The molecule has 2 aromatic carbocycles. The van der Waals surface area contributed by atoms with E-state index in [9.17, 15) is 0 Å². The lowest BCUT2D eigenvalue weighted by atomic mass is 10.0. The molecule has 0 unspecified atom stereocenters. The Morgan fingerprint density at radius 3 is 2.31 bits per heavy atom. The van der Waals surface area contributed by atoms with E-state index >= 15 is 0 Å². The molecule has 76 valence electrons. The summed E-state index contributed by atoms with van der Waals surface area (Å²) in [7, 11) is 0. The third-order valence-corrected chi connectivity index (χ3v) is 3.08. The van der Waals surface area contributed by atoms with Crippen molar-refractivity contribution < 1.29 is 8.83 Å². The van der Waals surface area contributed by atoms with Gasteiger partial charge in [-0.3, -0.25) is 0 Å². The molecule has 2 heteroatoms. The van der Waals surface area contributed by atoms with E-state index in [4.69, 9.17) is 8.83 Å². The van der Waals surface area contributed by atoms with Crippen LogP contribution in [0.3, 0.4) is 0 Å². The van der Waals surface area contributed by atoms with Crippen LogP contribution in [0.5, 0.6) is 0 Å².